The molecule has 0 aromatic heterocycles. The van der Waals surface area contributed by atoms with Gasteiger partial charge in [0.05, 0.1) is 6.61 Å². The Morgan fingerprint density at radius 3 is 2.48 bits per heavy atom. The predicted octanol–water partition coefficient (Wildman–Crippen LogP) is 2.74. The molecule has 0 spiro atoms. The van der Waals surface area contributed by atoms with Crippen LogP contribution in [0.5, 0.6) is 5.75 Å². The van der Waals surface area contributed by atoms with Gasteiger partial charge in [0.1, 0.15) is 5.75 Å². The number of carboxylic acid groups (broad SMARTS) is 1. The van der Waals surface area contributed by atoms with Crippen molar-refractivity contribution in [3.8, 4) is 5.75 Å². The van der Waals surface area contributed by atoms with Gasteiger partial charge in [0, 0.05) is 19.4 Å². The molecule has 0 bridgehead atoms. The summed E-state index contributed by atoms with van der Waals surface area (Å²) < 4.78 is 5.44. The number of rotatable bonds is 10. The van der Waals surface area contributed by atoms with Crippen molar-refractivity contribution in [2.75, 3.05) is 6.61 Å². The number of nitrogens with one attached hydrogen (secondary N) is 1. The fraction of sp³-hybridized carbons (Fsp3) is 0.500. The van der Waals surface area contributed by atoms with Crippen molar-refractivity contribution < 1.29 is 19.4 Å². The average Bonchev–Trinajstić information content (AvgIpc) is 2.48. The van der Waals surface area contributed by atoms with Gasteiger partial charge in [0.15, 0.2) is 0 Å². The number of amides is 1. The van der Waals surface area contributed by atoms with Crippen LogP contribution in [0.2, 0.25) is 0 Å². The van der Waals surface area contributed by atoms with E-state index in [1.165, 1.54) is 0 Å². The highest BCUT2D eigenvalue weighted by molar-refractivity contribution is 5.75. The molecule has 0 saturated carbocycles. The van der Waals surface area contributed by atoms with E-state index in [0.29, 0.717) is 31.7 Å². The second-order valence-electron chi connectivity index (χ2n) is 4.87. The van der Waals surface area contributed by atoms with Gasteiger partial charge < -0.3 is 15.2 Å². The molecule has 0 radical (unpaired) electrons. The van der Waals surface area contributed by atoms with Gasteiger partial charge in [-0.1, -0.05) is 25.5 Å². The lowest BCUT2D eigenvalue weighted by Crippen LogP contribution is -2.22. The third-order valence-electron chi connectivity index (χ3n) is 2.97. The third kappa shape index (κ3) is 7.97. The van der Waals surface area contributed by atoms with E-state index >= 15 is 0 Å². The Bertz CT molecular complexity index is 442. The molecular weight excluding hydrogens is 270 g/mol. The lowest BCUT2D eigenvalue weighted by Gasteiger charge is -2.08. The number of unbranched alkanes of at least 4 members (excludes halogenated alkanes) is 1. The first-order valence-electron chi connectivity index (χ1n) is 7.32. The largest absolute Gasteiger partial charge is 0.494 e. The van der Waals surface area contributed by atoms with E-state index in [1.54, 1.807) is 0 Å². The number of ether oxygens (including phenoxy) is 1. The van der Waals surface area contributed by atoms with Crippen LogP contribution in [-0.2, 0) is 16.1 Å². The molecule has 1 rings (SSSR count). The van der Waals surface area contributed by atoms with E-state index in [9.17, 15) is 9.59 Å². The van der Waals surface area contributed by atoms with Crippen molar-refractivity contribution in [3.63, 3.8) is 0 Å². The Morgan fingerprint density at radius 1 is 1.14 bits per heavy atom. The minimum absolute atomic E-state index is 0.0749. The van der Waals surface area contributed by atoms with Crippen molar-refractivity contribution in [3.05, 3.63) is 29.8 Å². The summed E-state index contributed by atoms with van der Waals surface area (Å²) in [7, 11) is 0. The van der Waals surface area contributed by atoms with Crippen LogP contribution in [-0.4, -0.2) is 23.6 Å². The monoisotopic (exact) mass is 293 g/mol. The molecule has 0 saturated heterocycles. The zero-order valence-electron chi connectivity index (χ0n) is 12.4. The maximum Gasteiger partial charge on any atom is 0.303 e. The van der Waals surface area contributed by atoms with Crippen molar-refractivity contribution in [1.82, 2.24) is 5.32 Å². The van der Waals surface area contributed by atoms with Crippen molar-refractivity contribution in [2.24, 2.45) is 0 Å². The first-order valence-corrected chi connectivity index (χ1v) is 7.32. The van der Waals surface area contributed by atoms with Crippen LogP contribution >= 0.6 is 0 Å². The molecule has 116 valence electrons. The van der Waals surface area contributed by atoms with Crippen LogP contribution in [0.1, 0.15) is 44.6 Å². The zero-order chi connectivity index (χ0) is 15.5. The molecule has 0 fully saturated rings. The van der Waals surface area contributed by atoms with Gasteiger partial charge in [-0.3, -0.25) is 9.59 Å². The Labute approximate surface area is 125 Å². The van der Waals surface area contributed by atoms with Crippen LogP contribution < -0.4 is 10.1 Å². The van der Waals surface area contributed by atoms with Crippen molar-refractivity contribution >= 4 is 11.9 Å². The molecule has 0 unspecified atom stereocenters. The average molecular weight is 293 g/mol. The Kier molecular flexibility index (Phi) is 7.94. The Hall–Kier alpha value is -2.04. The van der Waals surface area contributed by atoms with Crippen LogP contribution in [0.25, 0.3) is 0 Å². The predicted molar refractivity (Wildman–Crippen MR) is 80.2 cm³/mol. The molecule has 5 nitrogen and oxygen atoms in total. The van der Waals surface area contributed by atoms with Crippen LogP contribution in [0.4, 0.5) is 0 Å². The minimum atomic E-state index is -0.812. The lowest BCUT2D eigenvalue weighted by atomic mass is 10.2. The molecule has 2 N–H and O–H groups in total. The third-order valence-corrected chi connectivity index (χ3v) is 2.97. The Balaban J connectivity index is 2.26. The summed E-state index contributed by atoms with van der Waals surface area (Å²) in [5, 5.41) is 11.4. The molecule has 21 heavy (non-hydrogen) atoms. The number of carbonyl (C=O) groups excluding carboxylic acids is 1. The van der Waals surface area contributed by atoms with E-state index < -0.39 is 5.97 Å². The number of aliphatic carboxylic acids is 1. The summed E-state index contributed by atoms with van der Waals surface area (Å²) in [6, 6.07) is 7.45. The van der Waals surface area contributed by atoms with E-state index in [2.05, 4.69) is 12.2 Å². The summed E-state index contributed by atoms with van der Waals surface area (Å²) >= 11 is 0. The van der Waals surface area contributed by atoms with Gasteiger partial charge in [0.2, 0.25) is 5.91 Å². The molecule has 0 heterocycles. The quantitative estimate of drug-likeness (QED) is 0.650. The number of hydrogen-bond acceptors (Lipinski definition) is 3. The van der Waals surface area contributed by atoms with Crippen molar-refractivity contribution in [2.45, 2.75) is 45.6 Å². The van der Waals surface area contributed by atoms with Gasteiger partial charge in [-0.05, 0) is 30.5 Å². The van der Waals surface area contributed by atoms with Gasteiger partial charge >= 0.3 is 5.97 Å². The molecule has 0 atom stereocenters. The number of carboxylic acids is 1. The maximum absolute atomic E-state index is 11.5. The van der Waals surface area contributed by atoms with Gasteiger partial charge in [-0.15, -0.1) is 0 Å². The fourth-order valence-electron chi connectivity index (χ4n) is 1.74. The number of carbonyl (C=O) groups is 2. The standard InChI is InChI=1S/C16H23NO4/c1-2-3-5-15(18)17-12-13-7-9-14(10-8-13)21-11-4-6-16(19)20/h7-10H,2-6,11-12H2,1H3,(H,17,18)(H,19,20). The lowest BCUT2D eigenvalue weighted by molar-refractivity contribution is -0.137. The smallest absolute Gasteiger partial charge is 0.303 e. The van der Waals surface area contributed by atoms with Gasteiger partial charge in [-0.2, -0.15) is 0 Å². The molecule has 1 aromatic rings. The number of hydrogen-bond donors (Lipinski definition) is 2. The topological polar surface area (TPSA) is 75.6 Å². The highest BCUT2D eigenvalue weighted by Crippen LogP contribution is 2.12. The van der Waals surface area contributed by atoms with Gasteiger partial charge in [0.25, 0.3) is 0 Å². The molecule has 1 amide bonds. The fourth-order valence-corrected chi connectivity index (χ4v) is 1.74. The van der Waals surface area contributed by atoms with Crippen LogP contribution in [0.15, 0.2) is 24.3 Å². The highest BCUT2D eigenvalue weighted by Gasteiger charge is 2.01. The van der Waals surface area contributed by atoms with E-state index in [0.717, 1.165) is 18.4 Å². The normalized spacial score (nSPS) is 10.1. The first kappa shape index (κ1) is 17.0. The Morgan fingerprint density at radius 2 is 1.86 bits per heavy atom. The van der Waals surface area contributed by atoms with Crippen LogP contribution in [0, 0.1) is 0 Å². The molecule has 0 aliphatic rings. The summed E-state index contributed by atoms with van der Waals surface area (Å²) in [6.45, 7) is 2.96. The number of benzene rings is 1. The zero-order valence-corrected chi connectivity index (χ0v) is 12.4. The SMILES string of the molecule is CCCCC(=O)NCc1ccc(OCCCC(=O)O)cc1. The van der Waals surface area contributed by atoms with Gasteiger partial charge in [-0.25, -0.2) is 0 Å². The molecule has 5 heteroatoms. The second-order valence-corrected chi connectivity index (χ2v) is 4.87. The highest BCUT2D eigenvalue weighted by atomic mass is 16.5. The summed E-state index contributed by atoms with van der Waals surface area (Å²) in [6.07, 6.45) is 3.10. The van der Waals surface area contributed by atoms with E-state index in [1.807, 2.05) is 24.3 Å². The molecule has 0 aliphatic heterocycles. The van der Waals surface area contributed by atoms with Crippen molar-refractivity contribution in [1.29, 1.82) is 0 Å². The maximum atomic E-state index is 11.5. The van der Waals surface area contributed by atoms with E-state index in [4.69, 9.17) is 9.84 Å². The molecule has 0 aliphatic carbocycles. The molecular formula is C16H23NO4. The summed E-state index contributed by atoms with van der Waals surface area (Å²) in [5.74, 6) is -0.0277. The second kappa shape index (κ2) is 9.80. The van der Waals surface area contributed by atoms with E-state index in [-0.39, 0.29) is 12.3 Å². The summed E-state index contributed by atoms with van der Waals surface area (Å²) in [5.41, 5.74) is 1.01. The molecule has 1 aromatic carbocycles. The summed E-state index contributed by atoms with van der Waals surface area (Å²) in [4.78, 5) is 21.8. The first-order chi connectivity index (χ1) is 10.1. The minimum Gasteiger partial charge on any atom is -0.494 e. The van der Waals surface area contributed by atoms with Crippen LogP contribution in [0.3, 0.4) is 0 Å².